The molecule has 2 heterocycles. The molecule has 0 radical (unpaired) electrons. The molecule has 0 fully saturated rings. The second-order valence-corrected chi connectivity index (χ2v) is 6.05. The van der Waals surface area contributed by atoms with Gasteiger partial charge in [-0.2, -0.15) is 0 Å². The fourth-order valence-electron chi connectivity index (χ4n) is 1.83. The summed E-state index contributed by atoms with van der Waals surface area (Å²) in [5, 5.41) is 1.05. The van der Waals surface area contributed by atoms with Crippen LogP contribution < -0.4 is 0 Å². The highest BCUT2D eigenvalue weighted by atomic mass is 79.9. The van der Waals surface area contributed by atoms with Crippen molar-refractivity contribution in [3.05, 3.63) is 56.4 Å². The van der Waals surface area contributed by atoms with E-state index in [-0.39, 0.29) is 10.3 Å². The second kappa shape index (κ2) is 5.97. The van der Waals surface area contributed by atoms with E-state index in [0.717, 1.165) is 5.56 Å². The van der Waals surface area contributed by atoms with Crippen molar-refractivity contribution in [1.82, 2.24) is 9.97 Å². The van der Waals surface area contributed by atoms with E-state index in [1.807, 2.05) is 12.1 Å². The minimum absolute atomic E-state index is 0.236. The zero-order valence-corrected chi connectivity index (χ0v) is 14.1. The molecule has 2 aromatic heterocycles. The Morgan fingerprint density at radius 2 is 1.67 bits per heavy atom. The Hall–Kier alpha value is -1.07. The molecule has 0 N–H and O–H groups in total. The molecule has 0 saturated heterocycles. The highest BCUT2D eigenvalue weighted by Gasteiger charge is 2.16. The third-order valence-electron chi connectivity index (χ3n) is 2.73. The summed E-state index contributed by atoms with van der Waals surface area (Å²) in [6.45, 7) is 0. The molecule has 0 atom stereocenters. The summed E-state index contributed by atoms with van der Waals surface area (Å²) in [7, 11) is 0. The Balaban J connectivity index is 2.12. The van der Waals surface area contributed by atoms with Crippen LogP contribution in [0.4, 0.5) is 0 Å². The van der Waals surface area contributed by atoms with Crippen LogP contribution in [0.1, 0.15) is 0 Å². The summed E-state index contributed by atoms with van der Waals surface area (Å²) < 4.78 is 5.97. The van der Waals surface area contributed by atoms with Crippen LogP contribution in [0, 0.1) is 0 Å². The van der Waals surface area contributed by atoms with Gasteiger partial charge in [0.1, 0.15) is 10.3 Å². The van der Waals surface area contributed by atoms with Crippen LogP contribution >= 0.6 is 50.7 Å². The summed E-state index contributed by atoms with van der Waals surface area (Å²) >= 11 is 21.7. The van der Waals surface area contributed by atoms with Gasteiger partial charge in [-0.25, -0.2) is 9.97 Å². The summed E-state index contributed by atoms with van der Waals surface area (Å²) in [6, 6.07) is 10.6. The number of hydrogen-bond acceptors (Lipinski definition) is 3. The predicted molar refractivity (Wildman–Crippen MR) is 87.9 cm³/mol. The van der Waals surface area contributed by atoms with Gasteiger partial charge in [0.15, 0.2) is 16.3 Å². The van der Waals surface area contributed by atoms with Crippen molar-refractivity contribution in [2.45, 2.75) is 0 Å². The molecule has 0 saturated carbocycles. The van der Waals surface area contributed by atoms with Crippen LogP contribution in [0.5, 0.6) is 0 Å². The van der Waals surface area contributed by atoms with Gasteiger partial charge < -0.3 is 4.42 Å². The van der Waals surface area contributed by atoms with Gasteiger partial charge in [0.2, 0.25) is 0 Å². The maximum atomic E-state index is 6.25. The van der Waals surface area contributed by atoms with Crippen molar-refractivity contribution < 1.29 is 4.42 Å². The van der Waals surface area contributed by atoms with Crippen LogP contribution in [-0.2, 0) is 0 Å². The number of nitrogens with zero attached hydrogens (tertiary/aromatic N) is 2. The number of aromatic nitrogens is 2. The molecule has 21 heavy (non-hydrogen) atoms. The van der Waals surface area contributed by atoms with E-state index >= 15 is 0 Å². The molecule has 3 nitrogen and oxygen atoms in total. The Morgan fingerprint density at radius 1 is 0.952 bits per heavy atom. The van der Waals surface area contributed by atoms with Gasteiger partial charge in [-0.15, -0.1) is 0 Å². The Bertz CT molecular complexity index is 796. The molecule has 106 valence electrons. The van der Waals surface area contributed by atoms with Gasteiger partial charge >= 0.3 is 0 Å². The average molecular weight is 404 g/mol. The zero-order valence-electron chi connectivity index (χ0n) is 10.3. The number of benzene rings is 1. The summed E-state index contributed by atoms with van der Waals surface area (Å²) in [5.41, 5.74) is 1.29. The standard InChI is InChI=1S/C14H6BrCl3N2O/c15-10-5-4-9(21-10)14-19-12(17)11(13(18)20-14)7-2-1-3-8(16)6-7/h1-6H. The lowest BCUT2D eigenvalue weighted by Crippen LogP contribution is -1.93. The lowest BCUT2D eigenvalue weighted by molar-refractivity contribution is 0.551. The first-order chi connectivity index (χ1) is 10.0. The first kappa shape index (κ1) is 14.9. The van der Waals surface area contributed by atoms with Crippen molar-refractivity contribution in [2.24, 2.45) is 0 Å². The molecule has 0 aliphatic rings. The normalized spacial score (nSPS) is 10.9. The first-order valence-electron chi connectivity index (χ1n) is 5.79. The zero-order chi connectivity index (χ0) is 15.0. The highest BCUT2D eigenvalue weighted by Crippen LogP contribution is 2.35. The highest BCUT2D eigenvalue weighted by molar-refractivity contribution is 9.10. The molecule has 7 heteroatoms. The number of furan rings is 1. The maximum Gasteiger partial charge on any atom is 0.198 e. The number of halogens is 4. The lowest BCUT2D eigenvalue weighted by atomic mass is 10.1. The van der Waals surface area contributed by atoms with E-state index in [9.17, 15) is 0 Å². The molecule has 0 aliphatic carbocycles. The monoisotopic (exact) mass is 402 g/mol. The second-order valence-electron chi connectivity index (χ2n) is 4.12. The predicted octanol–water partition coefficient (Wildman–Crippen LogP) is 6.13. The minimum Gasteiger partial charge on any atom is -0.446 e. The average Bonchev–Trinajstić information content (AvgIpc) is 2.85. The Morgan fingerprint density at radius 3 is 2.24 bits per heavy atom. The van der Waals surface area contributed by atoms with E-state index in [0.29, 0.717) is 26.8 Å². The molecule has 0 aliphatic heterocycles. The van der Waals surface area contributed by atoms with Gasteiger partial charge in [0, 0.05) is 5.02 Å². The molecule has 0 bridgehead atoms. The Kier molecular flexibility index (Phi) is 4.22. The molecule has 0 amide bonds. The van der Waals surface area contributed by atoms with Crippen molar-refractivity contribution in [2.75, 3.05) is 0 Å². The van der Waals surface area contributed by atoms with Crippen LogP contribution in [-0.4, -0.2) is 9.97 Å². The molecule has 0 spiro atoms. The van der Waals surface area contributed by atoms with Crippen LogP contribution in [0.3, 0.4) is 0 Å². The molecule has 3 aromatic rings. The van der Waals surface area contributed by atoms with Crippen molar-refractivity contribution in [3.8, 4) is 22.7 Å². The van der Waals surface area contributed by atoms with E-state index in [2.05, 4.69) is 25.9 Å². The summed E-state index contributed by atoms with van der Waals surface area (Å²) in [6.07, 6.45) is 0. The van der Waals surface area contributed by atoms with E-state index < -0.39 is 0 Å². The quantitative estimate of drug-likeness (QED) is 0.483. The van der Waals surface area contributed by atoms with Gasteiger partial charge in [-0.05, 0) is 45.8 Å². The van der Waals surface area contributed by atoms with Gasteiger partial charge in [0.25, 0.3) is 0 Å². The fourth-order valence-corrected chi connectivity index (χ4v) is 2.94. The van der Waals surface area contributed by atoms with E-state index in [1.54, 1.807) is 24.3 Å². The minimum atomic E-state index is 0.236. The summed E-state index contributed by atoms with van der Waals surface area (Å²) in [4.78, 5) is 8.47. The lowest BCUT2D eigenvalue weighted by Gasteiger charge is -2.07. The summed E-state index contributed by atoms with van der Waals surface area (Å²) in [5.74, 6) is 0.796. The Labute approximate surface area is 144 Å². The number of hydrogen-bond donors (Lipinski definition) is 0. The smallest absolute Gasteiger partial charge is 0.198 e. The third kappa shape index (κ3) is 3.09. The third-order valence-corrected chi connectivity index (χ3v) is 3.94. The molecular weight excluding hydrogens is 398 g/mol. The first-order valence-corrected chi connectivity index (χ1v) is 7.72. The SMILES string of the molecule is Clc1cccc(-c2c(Cl)nc(-c3ccc(Br)o3)nc2Cl)c1. The molecule has 3 rings (SSSR count). The topological polar surface area (TPSA) is 38.9 Å². The van der Waals surface area contributed by atoms with Gasteiger partial charge in [0.05, 0.1) is 5.56 Å². The maximum absolute atomic E-state index is 6.25. The van der Waals surface area contributed by atoms with Crippen molar-refractivity contribution >= 4 is 50.7 Å². The molecular formula is C14H6BrCl3N2O. The van der Waals surface area contributed by atoms with Gasteiger partial charge in [-0.1, -0.05) is 46.9 Å². The van der Waals surface area contributed by atoms with Crippen LogP contribution in [0.2, 0.25) is 15.3 Å². The van der Waals surface area contributed by atoms with Crippen molar-refractivity contribution in [3.63, 3.8) is 0 Å². The molecule has 0 unspecified atom stereocenters. The van der Waals surface area contributed by atoms with E-state index in [4.69, 9.17) is 39.2 Å². The van der Waals surface area contributed by atoms with Crippen LogP contribution in [0.25, 0.3) is 22.7 Å². The molecule has 1 aromatic carbocycles. The van der Waals surface area contributed by atoms with Crippen molar-refractivity contribution in [1.29, 1.82) is 0 Å². The fraction of sp³-hybridized carbons (Fsp3) is 0. The number of rotatable bonds is 2. The largest absolute Gasteiger partial charge is 0.446 e. The van der Waals surface area contributed by atoms with Crippen LogP contribution in [0.15, 0.2) is 45.5 Å². The van der Waals surface area contributed by atoms with Gasteiger partial charge in [-0.3, -0.25) is 0 Å². The van der Waals surface area contributed by atoms with E-state index in [1.165, 1.54) is 0 Å².